The maximum absolute atomic E-state index is 2.40. The molecule has 0 aliphatic carbocycles. The molecule has 0 radical (unpaired) electrons. The first-order valence-electron chi connectivity index (χ1n) is 7.00. The van der Waals surface area contributed by atoms with E-state index in [1.54, 1.807) is 5.57 Å². The summed E-state index contributed by atoms with van der Waals surface area (Å²) in [6, 6.07) is 0. The standard InChI is InChI=1S/C17H30/c1-6-7-11-16(4)13-9-14-17(5)12-8-10-15(2)3/h10-11,14H,6-9,12-13H2,1-5H3/b16-11+,17-14?. The van der Waals surface area contributed by atoms with Crippen LogP contribution in [0.15, 0.2) is 34.9 Å². The van der Waals surface area contributed by atoms with Crippen molar-refractivity contribution in [1.29, 1.82) is 0 Å². The second kappa shape index (κ2) is 10.4. The van der Waals surface area contributed by atoms with Gasteiger partial charge in [0.2, 0.25) is 0 Å². The third kappa shape index (κ3) is 11.5. The number of allylic oxidation sites excluding steroid dienone is 6. The van der Waals surface area contributed by atoms with Crippen molar-refractivity contribution in [3.05, 3.63) is 34.9 Å². The molecule has 98 valence electrons. The van der Waals surface area contributed by atoms with Gasteiger partial charge in [-0.2, -0.15) is 0 Å². The normalized spacial score (nSPS) is 12.8. The van der Waals surface area contributed by atoms with Crippen molar-refractivity contribution in [2.24, 2.45) is 0 Å². The smallest absolute Gasteiger partial charge is 0.0288 e. The minimum atomic E-state index is 1.19. The second-order valence-corrected chi connectivity index (χ2v) is 5.25. The molecule has 0 aromatic heterocycles. The number of hydrogen-bond donors (Lipinski definition) is 0. The van der Waals surface area contributed by atoms with Gasteiger partial charge in [0.15, 0.2) is 0 Å². The van der Waals surface area contributed by atoms with E-state index >= 15 is 0 Å². The predicted octanol–water partition coefficient (Wildman–Crippen LogP) is 6.21. The Balaban J connectivity index is 3.80. The summed E-state index contributed by atoms with van der Waals surface area (Å²) in [5.74, 6) is 0. The average Bonchev–Trinajstić information content (AvgIpc) is 2.25. The van der Waals surface area contributed by atoms with Gasteiger partial charge in [0, 0.05) is 0 Å². The second-order valence-electron chi connectivity index (χ2n) is 5.25. The first-order valence-corrected chi connectivity index (χ1v) is 7.00. The van der Waals surface area contributed by atoms with E-state index in [0.717, 1.165) is 0 Å². The molecule has 0 aromatic carbocycles. The van der Waals surface area contributed by atoms with Gasteiger partial charge in [-0.1, -0.05) is 48.3 Å². The molecular weight excluding hydrogens is 204 g/mol. The van der Waals surface area contributed by atoms with Crippen LogP contribution < -0.4 is 0 Å². The number of hydrogen-bond acceptors (Lipinski definition) is 0. The molecule has 0 spiro atoms. The molecule has 0 heterocycles. The topological polar surface area (TPSA) is 0 Å². The van der Waals surface area contributed by atoms with Crippen LogP contribution in [0.4, 0.5) is 0 Å². The zero-order chi connectivity index (χ0) is 13.1. The Morgan fingerprint density at radius 2 is 1.18 bits per heavy atom. The van der Waals surface area contributed by atoms with Crippen LogP contribution >= 0.6 is 0 Å². The highest BCUT2D eigenvalue weighted by atomic mass is 14.0. The van der Waals surface area contributed by atoms with Crippen molar-refractivity contribution in [3.63, 3.8) is 0 Å². The predicted molar refractivity (Wildman–Crippen MR) is 80.3 cm³/mol. The van der Waals surface area contributed by atoms with Crippen LogP contribution in [0, 0.1) is 0 Å². The van der Waals surface area contributed by atoms with Gasteiger partial charge in [0.25, 0.3) is 0 Å². The molecule has 0 aliphatic heterocycles. The lowest BCUT2D eigenvalue weighted by Crippen LogP contribution is -1.80. The Kier molecular flexibility index (Phi) is 9.90. The third-order valence-corrected chi connectivity index (χ3v) is 2.90. The zero-order valence-corrected chi connectivity index (χ0v) is 12.5. The summed E-state index contributed by atoms with van der Waals surface area (Å²) in [6.45, 7) is 11.1. The Labute approximate surface area is 109 Å². The monoisotopic (exact) mass is 234 g/mol. The Morgan fingerprint density at radius 1 is 0.706 bits per heavy atom. The Bertz CT molecular complexity index is 272. The lowest BCUT2D eigenvalue weighted by Gasteiger charge is -2.01. The largest absolute Gasteiger partial charge is 0.0856 e. The molecule has 17 heavy (non-hydrogen) atoms. The summed E-state index contributed by atoms with van der Waals surface area (Å²) in [5, 5.41) is 0. The lowest BCUT2D eigenvalue weighted by molar-refractivity contribution is 0.894. The SMILES string of the molecule is CCC/C=C(\C)CCC=C(C)CCC=C(C)C. The Morgan fingerprint density at radius 3 is 1.65 bits per heavy atom. The number of rotatable bonds is 8. The van der Waals surface area contributed by atoms with Crippen LogP contribution in [0.1, 0.15) is 73.1 Å². The molecule has 0 saturated carbocycles. The highest BCUT2D eigenvalue weighted by Gasteiger charge is 1.91. The van der Waals surface area contributed by atoms with Crippen LogP contribution in [0.25, 0.3) is 0 Å². The summed E-state index contributed by atoms with van der Waals surface area (Å²) in [7, 11) is 0. The molecule has 0 fully saturated rings. The average molecular weight is 234 g/mol. The van der Waals surface area contributed by atoms with E-state index in [2.05, 4.69) is 52.8 Å². The van der Waals surface area contributed by atoms with Gasteiger partial charge in [0.05, 0.1) is 0 Å². The quantitative estimate of drug-likeness (QED) is 0.438. The van der Waals surface area contributed by atoms with Gasteiger partial charge >= 0.3 is 0 Å². The molecule has 0 nitrogen and oxygen atoms in total. The zero-order valence-electron chi connectivity index (χ0n) is 12.5. The van der Waals surface area contributed by atoms with Gasteiger partial charge in [-0.05, 0) is 59.8 Å². The van der Waals surface area contributed by atoms with Crippen molar-refractivity contribution in [3.8, 4) is 0 Å². The molecule has 0 saturated heterocycles. The van der Waals surface area contributed by atoms with E-state index in [1.807, 2.05) is 0 Å². The maximum atomic E-state index is 2.40. The first kappa shape index (κ1) is 16.2. The van der Waals surface area contributed by atoms with E-state index < -0.39 is 0 Å². The van der Waals surface area contributed by atoms with Crippen molar-refractivity contribution in [2.75, 3.05) is 0 Å². The van der Waals surface area contributed by atoms with Gasteiger partial charge in [-0.15, -0.1) is 0 Å². The third-order valence-electron chi connectivity index (χ3n) is 2.90. The van der Waals surface area contributed by atoms with Crippen LogP contribution in [0.5, 0.6) is 0 Å². The first-order chi connectivity index (χ1) is 8.06. The van der Waals surface area contributed by atoms with E-state index in [9.17, 15) is 0 Å². The molecule has 0 N–H and O–H groups in total. The van der Waals surface area contributed by atoms with Gasteiger partial charge in [0.1, 0.15) is 0 Å². The fourth-order valence-corrected chi connectivity index (χ4v) is 1.73. The molecule has 0 rings (SSSR count). The van der Waals surface area contributed by atoms with Gasteiger partial charge in [-0.25, -0.2) is 0 Å². The molecule has 0 bridgehead atoms. The van der Waals surface area contributed by atoms with Crippen molar-refractivity contribution in [1.82, 2.24) is 0 Å². The van der Waals surface area contributed by atoms with Crippen molar-refractivity contribution < 1.29 is 0 Å². The lowest BCUT2D eigenvalue weighted by atomic mass is 10.1. The summed E-state index contributed by atoms with van der Waals surface area (Å²) >= 11 is 0. The number of unbranched alkanes of at least 4 members (excludes halogenated alkanes) is 1. The molecule has 0 unspecified atom stereocenters. The molecule has 0 atom stereocenters. The van der Waals surface area contributed by atoms with E-state index in [-0.39, 0.29) is 0 Å². The molecule has 0 aliphatic rings. The van der Waals surface area contributed by atoms with E-state index in [4.69, 9.17) is 0 Å². The highest BCUT2D eigenvalue weighted by Crippen LogP contribution is 2.11. The molecule has 0 aromatic rings. The maximum Gasteiger partial charge on any atom is -0.0288 e. The van der Waals surface area contributed by atoms with Gasteiger partial charge < -0.3 is 0 Å². The van der Waals surface area contributed by atoms with Crippen LogP contribution in [-0.4, -0.2) is 0 Å². The summed E-state index contributed by atoms with van der Waals surface area (Å²) in [4.78, 5) is 0. The molecular formula is C17H30. The Hall–Kier alpha value is -0.780. The summed E-state index contributed by atoms with van der Waals surface area (Å²) < 4.78 is 0. The highest BCUT2D eigenvalue weighted by molar-refractivity contribution is 5.05. The van der Waals surface area contributed by atoms with Crippen LogP contribution in [-0.2, 0) is 0 Å². The minimum absolute atomic E-state index is 1.19. The molecule has 0 heteroatoms. The van der Waals surface area contributed by atoms with Gasteiger partial charge in [-0.3, -0.25) is 0 Å². The van der Waals surface area contributed by atoms with Crippen molar-refractivity contribution in [2.45, 2.75) is 73.1 Å². The van der Waals surface area contributed by atoms with Crippen LogP contribution in [0.2, 0.25) is 0 Å². The van der Waals surface area contributed by atoms with E-state index in [0.29, 0.717) is 0 Å². The van der Waals surface area contributed by atoms with Crippen LogP contribution in [0.3, 0.4) is 0 Å². The fourth-order valence-electron chi connectivity index (χ4n) is 1.73. The summed E-state index contributed by atoms with van der Waals surface area (Å²) in [5.41, 5.74) is 4.50. The van der Waals surface area contributed by atoms with E-state index in [1.165, 1.54) is 49.7 Å². The molecule has 0 amide bonds. The minimum Gasteiger partial charge on any atom is -0.0856 e. The fraction of sp³-hybridized carbons (Fsp3) is 0.647. The summed E-state index contributed by atoms with van der Waals surface area (Å²) in [6.07, 6.45) is 14.4. The van der Waals surface area contributed by atoms with Crippen molar-refractivity contribution >= 4 is 0 Å².